The molecule has 1 heterocycles. The van der Waals surface area contributed by atoms with Crippen LogP contribution < -0.4 is 4.74 Å². The van der Waals surface area contributed by atoms with Crippen molar-refractivity contribution < 1.29 is 41.7 Å². The van der Waals surface area contributed by atoms with Gasteiger partial charge in [-0.15, -0.1) is 13.2 Å². The number of carboxylic acid groups (broad SMARTS) is 1. The van der Waals surface area contributed by atoms with Crippen LogP contribution in [0.5, 0.6) is 5.75 Å². The second-order valence-corrected chi connectivity index (χ2v) is 9.04. The predicted molar refractivity (Wildman–Crippen MR) is 127 cm³/mol. The molecular formula is C27H28F3NO6. The minimum atomic E-state index is -4.75. The lowest BCUT2D eigenvalue weighted by Crippen LogP contribution is -2.28. The van der Waals surface area contributed by atoms with Gasteiger partial charge in [0.25, 0.3) is 0 Å². The lowest BCUT2D eigenvalue weighted by molar-refractivity contribution is -0.274. The van der Waals surface area contributed by atoms with E-state index in [1.54, 1.807) is 26.0 Å². The number of hydrogen-bond donors (Lipinski definition) is 1. The zero-order valence-electron chi connectivity index (χ0n) is 20.5. The number of aromatic nitrogens is 1. The molecule has 1 aliphatic rings. The Kier molecular flexibility index (Phi) is 8.19. The van der Waals surface area contributed by atoms with Gasteiger partial charge in [0, 0.05) is 5.56 Å². The van der Waals surface area contributed by atoms with Crippen LogP contribution in [0.4, 0.5) is 13.2 Å². The molecule has 0 aliphatic heterocycles. The smallest absolute Gasteiger partial charge is 0.478 e. The SMILES string of the molecule is Cc1cccc(COC2CCC[C@H](OCc3nc(-c4ccc(OC(F)(F)F)cc4)oc3C)C2)c1C(=O)O. The van der Waals surface area contributed by atoms with E-state index in [1.807, 2.05) is 6.07 Å². The molecule has 198 valence electrons. The monoisotopic (exact) mass is 519 g/mol. The highest BCUT2D eigenvalue weighted by atomic mass is 19.4. The van der Waals surface area contributed by atoms with E-state index < -0.39 is 12.3 Å². The van der Waals surface area contributed by atoms with Gasteiger partial charge in [0.05, 0.1) is 31.0 Å². The summed E-state index contributed by atoms with van der Waals surface area (Å²) in [6.45, 7) is 3.97. The third kappa shape index (κ3) is 7.11. The van der Waals surface area contributed by atoms with E-state index in [2.05, 4.69) is 9.72 Å². The van der Waals surface area contributed by atoms with Crippen molar-refractivity contribution in [3.8, 4) is 17.2 Å². The number of aromatic carboxylic acids is 1. The predicted octanol–water partition coefficient (Wildman–Crippen LogP) is 6.60. The molecular weight excluding hydrogens is 491 g/mol. The number of carboxylic acids is 1. The number of alkyl halides is 3. The summed E-state index contributed by atoms with van der Waals surface area (Å²) >= 11 is 0. The van der Waals surface area contributed by atoms with E-state index >= 15 is 0 Å². The zero-order valence-corrected chi connectivity index (χ0v) is 20.5. The summed E-state index contributed by atoms with van der Waals surface area (Å²) in [5.74, 6) is -0.435. The molecule has 1 fully saturated rings. The van der Waals surface area contributed by atoms with Crippen LogP contribution in [0.25, 0.3) is 11.5 Å². The molecule has 0 bridgehead atoms. The minimum Gasteiger partial charge on any atom is -0.478 e. The number of carbonyl (C=O) groups is 1. The van der Waals surface area contributed by atoms with Crippen LogP contribution in [-0.4, -0.2) is 34.6 Å². The Morgan fingerprint density at radius 1 is 1.05 bits per heavy atom. The van der Waals surface area contributed by atoms with Gasteiger partial charge in [-0.25, -0.2) is 9.78 Å². The van der Waals surface area contributed by atoms with Crippen molar-refractivity contribution in [1.82, 2.24) is 4.98 Å². The second kappa shape index (κ2) is 11.4. The first kappa shape index (κ1) is 26.7. The molecule has 4 rings (SSSR count). The molecule has 1 unspecified atom stereocenters. The number of ether oxygens (including phenoxy) is 3. The molecule has 1 aromatic heterocycles. The summed E-state index contributed by atoms with van der Waals surface area (Å²) in [6, 6.07) is 10.7. The van der Waals surface area contributed by atoms with E-state index in [1.165, 1.54) is 24.3 Å². The summed E-state index contributed by atoms with van der Waals surface area (Å²) in [5.41, 5.74) is 2.77. The van der Waals surface area contributed by atoms with Gasteiger partial charge in [0.2, 0.25) is 5.89 Å². The van der Waals surface area contributed by atoms with E-state index in [0.29, 0.717) is 34.6 Å². The Morgan fingerprint density at radius 2 is 1.73 bits per heavy atom. The van der Waals surface area contributed by atoms with Crippen molar-refractivity contribution >= 4 is 5.97 Å². The van der Waals surface area contributed by atoms with Gasteiger partial charge < -0.3 is 23.7 Å². The minimum absolute atomic E-state index is 0.0476. The standard InChI is InChI=1S/C27H28F3NO6/c1-16-5-3-6-19(24(16)26(32)33)14-34-21-7-4-8-22(13-21)35-15-23-17(2)36-25(31-23)18-9-11-20(12-10-18)37-27(28,29)30/h3,5-6,9-12,21-22H,4,7-8,13-15H2,1-2H3,(H,32,33)/t21?,22-/m0/s1. The maximum Gasteiger partial charge on any atom is 0.573 e. The van der Waals surface area contributed by atoms with Crippen molar-refractivity contribution in [1.29, 1.82) is 0 Å². The van der Waals surface area contributed by atoms with Crippen LogP contribution in [0.2, 0.25) is 0 Å². The number of benzene rings is 2. The lowest BCUT2D eigenvalue weighted by atomic mass is 9.94. The Balaban J connectivity index is 1.31. The summed E-state index contributed by atoms with van der Waals surface area (Å²) < 4.78 is 58.9. The molecule has 0 amide bonds. The zero-order chi connectivity index (χ0) is 26.6. The normalized spacial score (nSPS) is 18.1. The molecule has 0 spiro atoms. The average Bonchev–Trinajstić information content (AvgIpc) is 3.21. The topological polar surface area (TPSA) is 91.0 Å². The Labute approximate surface area is 212 Å². The molecule has 10 heteroatoms. The summed E-state index contributed by atoms with van der Waals surface area (Å²) in [5, 5.41) is 9.52. The fourth-order valence-electron chi connectivity index (χ4n) is 4.45. The van der Waals surface area contributed by atoms with Crippen molar-refractivity contribution in [3.63, 3.8) is 0 Å². The van der Waals surface area contributed by atoms with Gasteiger partial charge in [-0.1, -0.05) is 18.2 Å². The highest BCUT2D eigenvalue weighted by Gasteiger charge is 2.31. The molecule has 1 N–H and O–H groups in total. The molecule has 0 radical (unpaired) electrons. The van der Waals surface area contributed by atoms with Gasteiger partial charge >= 0.3 is 12.3 Å². The van der Waals surface area contributed by atoms with Crippen LogP contribution in [0.15, 0.2) is 46.9 Å². The number of halogens is 3. The molecule has 3 aromatic rings. The maximum atomic E-state index is 12.4. The van der Waals surface area contributed by atoms with Crippen LogP contribution >= 0.6 is 0 Å². The van der Waals surface area contributed by atoms with Crippen LogP contribution in [0, 0.1) is 13.8 Å². The maximum absolute atomic E-state index is 12.4. The molecule has 2 atom stereocenters. The Hall–Kier alpha value is -3.37. The van der Waals surface area contributed by atoms with Gasteiger partial charge in [-0.2, -0.15) is 0 Å². The largest absolute Gasteiger partial charge is 0.573 e. The first-order chi connectivity index (χ1) is 17.6. The number of rotatable bonds is 9. The van der Waals surface area contributed by atoms with Crippen molar-refractivity contribution in [2.45, 2.75) is 71.3 Å². The molecule has 2 aromatic carbocycles. The molecule has 0 saturated heterocycles. The number of oxazole rings is 1. The van der Waals surface area contributed by atoms with Crippen LogP contribution in [0.3, 0.4) is 0 Å². The van der Waals surface area contributed by atoms with Crippen molar-refractivity contribution in [2.24, 2.45) is 0 Å². The van der Waals surface area contributed by atoms with E-state index in [0.717, 1.165) is 19.3 Å². The quantitative estimate of drug-likeness (QED) is 0.341. The Morgan fingerprint density at radius 3 is 2.38 bits per heavy atom. The van der Waals surface area contributed by atoms with Crippen LogP contribution in [0.1, 0.15) is 58.6 Å². The van der Waals surface area contributed by atoms with E-state index in [-0.39, 0.29) is 42.6 Å². The number of aryl methyl sites for hydroxylation is 2. The molecule has 1 aliphatic carbocycles. The van der Waals surface area contributed by atoms with E-state index in [9.17, 15) is 23.1 Å². The first-order valence-corrected chi connectivity index (χ1v) is 12.0. The van der Waals surface area contributed by atoms with Gasteiger partial charge in [0.15, 0.2) is 0 Å². The van der Waals surface area contributed by atoms with Gasteiger partial charge in [0.1, 0.15) is 17.2 Å². The van der Waals surface area contributed by atoms with Crippen molar-refractivity contribution in [2.75, 3.05) is 0 Å². The summed E-state index contributed by atoms with van der Waals surface area (Å²) in [4.78, 5) is 16.1. The van der Waals surface area contributed by atoms with E-state index in [4.69, 9.17) is 13.9 Å². The summed E-state index contributed by atoms with van der Waals surface area (Å²) in [7, 11) is 0. The highest BCUT2D eigenvalue weighted by Crippen LogP contribution is 2.29. The highest BCUT2D eigenvalue weighted by molar-refractivity contribution is 5.91. The van der Waals surface area contributed by atoms with Gasteiger partial charge in [-0.3, -0.25) is 0 Å². The van der Waals surface area contributed by atoms with Crippen LogP contribution in [-0.2, 0) is 22.7 Å². The lowest BCUT2D eigenvalue weighted by Gasteiger charge is -2.29. The third-order valence-corrected chi connectivity index (χ3v) is 6.31. The fourth-order valence-corrected chi connectivity index (χ4v) is 4.45. The number of hydrogen-bond acceptors (Lipinski definition) is 6. The second-order valence-electron chi connectivity index (χ2n) is 9.04. The molecule has 1 saturated carbocycles. The first-order valence-electron chi connectivity index (χ1n) is 12.0. The summed E-state index contributed by atoms with van der Waals surface area (Å²) in [6.07, 6.45) is -1.51. The number of nitrogens with zero attached hydrogens (tertiary/aromatic N) is 1. The molecule has 7 nitrogen and oxygen atoms in total. The fraction of sp³-hybridized carbons (Fsp3) is 0.407. The van der Waals surface area contributed by atoms with Gasteiger partial charge in [-0.05, 0) is 74.9 Å². The Bertz CT molecular complexity index is 1220. The molecule has 37 heavy (non-hydrogen) atoms. The van der Waals surface area contributed by atoms with Crippen molar-refractivity contribution in [3.05, 3.63) is 70.6 Å². The third-order valence-electron chi connectivity index (χ3n) is 6.31. The average molecular weight is 520 g/mol.